The first-order valence-electron chi connectivity index (χ1n) is 6.82. The van der Waals surface area contributed by atoms with Crippen LogP contribution in [0.3, 0.4) is 0 Å². The highest BCUT2D eigenvalue weighted by molar-refractivity contribution is 7.15. The van der Waals surface area contributed by atoms with Crippen molar-refractivity contribution < 1.29 is 19.1 Å². The summed E-state index contributed by atoms with van der Waals surface area (Å²) in [5.41, 5.74) is 6.86. The Morgan fingerprint density at radius 2 is 1.65 bits per heavy atom. The first-order chi connectivity index (χ1) is 11.0. The average Bonchev–Trinajstić information content (AvgIpc) is 3.02. The molecule has 2 aromatic rings. The van der Waals surface area contributed by atoms with Gasteiger partial charge >= 0.3 is 5.97 Å². The van der Waals surface area contributed by atoms with E-state index in [1.54, 1.807) is 24.3 Å². The van der Waals surface area contributed by atoms with Gasteiger partial charge in [-0.2, -0.15) is 0 Å². The van der Waals surface area contributed by atoms with Crippen molar-refractivity contribution in [2.24, 2.45) is 5.73 Å². The number of primary amides is 1. The molecule has 3 N–H and O–H groups in total. The van der Waals surface area contributed by atoms with Crippen LogP contribution >= 0.6 is 11.3 Å². The molecule has 0 aliphatic carbocycles. The van der Waals surface area contributed by atoms with Crippen molar-refractivity contribution in [2.45, 2.75) is 13.0 Å². The standard InChI is InChI=1S/C16H16N2O4S/c1-22-16(21)13-7-6-12(23-13)15(20)18-9-11-4-2-10(3-5-11)8-14(17)19/h2-7H,8-9H2,1H3,(H2,17,19)(H,18,20). The van der Waals surface area contributed by atoms with E-state index in [9.17, 15) is 14.4 Å². The number of methoxy groups -OCH3 is 1. The number of nitrogens with two attached hydrogens (primary N) is 1. The summed E-state index contributed by atoms with van der Waals surface area (Å²) in [7, 11) is 1.30. The molecule has 120 valence electrons. The lowest BCUT2D eigenvalue weighted by Gasteiger charge is -2.05. The van der Waals surface area contributed by atoms with Crippen LogP contribution in [-0.2, 0) is 22.5 Å². The molecule has 0 fully saturated rings. The zero-order valence-corrected chi connectivity index (χ0v) is 13.3. The Morgan fingerprint density at radius 1 is 1.04 bits per heavy atom. The van der Waals surface area contributed by atoms with E-state index >= 15 is 0 Å². The van der Waals surface area contributed by atoms with Gasteiger partial charge in [0.2, 0.25) is 5.91 Å². The third-order valence-corrected chi connectivity index (χ3v) is 4.13. The molecule has 0 aliphatic rings. The van der Waals surface area contributed by atoms with E-state index in [-0.39, 0.29) is 18.2 Å². The van der Waals surface area contributed by atoms with Gasteiger partial charge in [0.25, 0.3) is 5.91 Å². The number of benzene rings is 1. The van der Waals surface area contributed by atoms with Crippen molar-refractivity contribution in [3.8, 4) is 0 Å². The largest absolute Gasteiger partial charge is 0.465 e. The highest BCUT2D eigenvalue weighted by Gasteiger charge is 2.13. The third kappa shape index (κ3) is 4.65. The van der Waals surface area contributed by atoms with Gasteiger partial charge in [0, 0.05) is 6.54 Å². The lowest BCUT2D eigenvalue weighted by atomic mass is 10.1. The number of esters is 1. The molecule has 0 unspecified atom stereocenters. The molecular formula is C16H16N2O4S. The summed E-state index contributed by atoms with van der Waals surface area (Å²) in [4.78, 5) is 35.1. The Bertz CT molecular complexity index is 722. The number of amides is 2. The molecule has 0 bridgehead atoms. The molecule has 0 saturated carbocycles. The lowest BCUT2D eigenvalue weighted by Crippen LogP contribution is -2.21. The van der Waals surface area contributed by atoms with E-state index in [1.165, 1.54) is 7.11 Å². The summed E-state index contributed by atoms with van der Waals surface area (Å²) in [6, 6.07) is 10.4. The van der Waals surface area contributed by atoms with Gasteiger partial charge in [0.15, 0.2) is 0 Å². The van der Waals surface area contributed by atoms with Gasteiger partial charge in [-0.25, -0.2) is 4.79 Å². The second kappa shape index (κ2) is 7.55. The summed E-state index contributed by atoms with van der Waals surface area (Å²) >= 11 is 1.08. The van der Waals surface area contributed by atoms with Crippen LogP contribution in [0.2, 0.25) is 0 Å². The van der Waals surface area contributed by atoms with Crippen LogP contribution in [0, 0.1) is 0 Å². The Hall–Kier alpha value is -2.67. The third-order valence-electron chi connectivity index (χ3n) is 3.07. The van der Waals surface area contributed by atoms with Crippen molar-refractivity contribution in [3.05, 3.63) is 57.3 Å². The van der Waals surface area contributed by atoms with Gasteiger partial charge in [-0.15, -0.1) is 11.3 Å². The molecule has 0 aliphatic heterocycles. The minimum absolute atomic E-state index is 0.193. The fourth-order valence-electron chi connectivity index (χ4n) is 1.92. The Morgan fingerprint density at radius 3 is 2.26 bits per heavy atom. The molecule has 23 heavy (non-hydrogen) atoms. The topological polar surface area (TPSA) is 98.5 Å². The summed E-state index contributed by atoms with van der Waals surface area (Å²) in [6.45, 7) is 0.348. The van der Waals surface area contributed by atoms with Crippen molar-refractivity contribution in [3.63, 3.8) is 0 Å². The number of nitrogens with one attached hydrogen (secondary N) is 1. The predicted molar refractivity (Wildman–Crippen MR) is 86.2 cm³/mol. The molecule has 1 aromatic carbocycles. The second-order valence-corrected chi connectivity index (χ2v) is 5.88. The van der Waals surface area contributed by atoms with Gasteiger partial charge in [-0.05, 0) is 23.3 Å². The molecule has 1 aromatic heterocycles. The summed E-state index contributed by atoms with van der Waals surface area (Å²) in [6.07, 6.45) is 0.193. The van der Waals surface area contributed by atoms with Crippen molar-refractivity contribution >= 4 is 29.1 Å². The second-order valence-electron chi connectivity index (χ2n) is 4.80. The molecule has 2 amide bonds. The SMILES string of the molecule is COC(=O)c1ccc(C(=O)NCc2ccc(CC(N)=O)cc2)s1. The maximum Gasteiger partial charge on any atom is 0.348 e. The quantitative estimate of drug-likeness (QED) is 0.783. The van der Waals surface area contributed by atoms with Gasteiger partial charge < -0.3 is 15.8 Å². The molecule has 2 rings (SSSR count). The van der Waals surface area contributed by atoms with Crippen LogP contribution in [0.15, 0.2) is 36.4 Å². The molecular weight excluding hydrogens is 316 g/mol. The van der Waals surface area contributed by atoms with Crippen molar-refractivity contribution in [2.75, 3.05) is 7.11 Å². The molecule has 0 saturated heterocycles. The number of hydrogen-bond acceptors (Lipinski definition) is 5. The monoisotopic (exact) mass is 332 g/mol. The van der Waals surface area contributed by atoms with E-state index in [1.807, 2.05) is 12.1 Å². The fourth-order valence-corrected chi connectivity index (χ4v) is 2.76. The minimum Gasteiger partial charge on any atom is -0.465 e. The number of ether oxygens (including phenoxy) is 1. The first-order valence-corrected chi connectivity index (χ1v) is 7.63. The molecule has 0 radical (unpaired) electrons. The maximum atomic E-state index is 12.0. The molecule has 6 nitrogen and oxygen atoms in total. The highest BCUT2D eigenvalue weighted by atomic mass is 32.1. The smallest absolute Gasteiger partial charge is 0.348 e. The zero-order valence-electron chi connectivity index (χ0n) is 12.5. The van der Waals surface area contributed by atoms with Crippen LogP contribution in [0.5, 0.6) is 0 Å². The maximum absolute atomic E-state index is 12.0. The lowest BCUT2D eigenvalue weighted by molar-refractivity contribution is -0.117. The minimum atomic E-state index is -0.459. The normalized spacial score (nSPS) is 10.1. The van der Waals surface area contributed by atoms with Gasteiger partial charge in [-0.3, -0.25) is 9.59 Å². The molecule has 0 spiro atoms. The number of carbonyl (C=O) groups is 3. The van der Waals surface area contributed by atoms with Crippen LogP contribution in [0.1, 0.15) is 30.5 Å². The van der Waals surface area contributed by atoms with Crippen molar-refractivity contribution in [1.29, 1.82) is 0 Å². The van der Waals surface area contributed by atoms with Crippen LogP contribution in [0.4, 0.5) is 0 Å². The van der Waals surface area contributed by atoms with Crippen LogP contribution < -0.4 is 11.1 Å². The Balaban J connectivity index is 1.92. The fraction of sp³-hybridized carbons (Fsp3) is 0.188. The summed E-state index contributed by atoms with van der Waals surface area (Å²) in [5, 5.41) is 2.77. The Labute approximate surface area is 137 Å². The van der Waals surface area contributed by atoms with E-state index < -0.39 is 5.97 Å². The Kier molecular flexibility index (Phi) is 5.48. The number of rotatable bonds is 6. The predicted octanol–water partition coefficient (Wildman–Crippen LogP) is 1.49. The zero-order chi connectivity index (χ0) is 16.8. The molecule has 7 heteroatoms. The van der Waals surface area contributed by atoms with Gasteiger partial charge in [0.1, 0.15) is 4.88 Å². The van der Waals surface area contributed by atoms with E-state index in [2.05, 4.69) is 10.1 Å². The van der Waals surface area contributed by atoms with Gasteiger partial charge in [0.05, 0.1) is 18.4 Å². The number of thiophene rings is 1. The summed E-state index contributed by atoms with van der Waals surface area (Å²) in [5.74, 6) is -1.10. The van der Waals surface area contributed by atoms with E-state index in [0.29, 0.717) is 16.3 Å². The van der Waals surface area contributed by atoms with Crippen molar-refractivity contribution in [1.82, 2.24) is 5.32 Å². The van der Waals surface area contributed by atoms with Crippen LogP contribution in [-0.4, -0.2) is 24.9 Å². The number of hydrogen-bond donors (Lipinski definition) is 2. The summed E-state index contributed by atoms with van der Waals surface area (Å²) < 4.78 is 4.60. The first kappa shape index (κ1) is 16.7. The highest BCUT2D eigenvalue weighted by Crippen LogP contribution is 2.17. The van der Waals surface area contributed by atoms with Crippen LogP contribution in [0.25, 0.3) is 0 Å². The van der Waals surface area contributed by atoms with Gasteiger partial charge in [-0.1, -0.05) is 24.3 Å². The van der Waals surface area contributed by atoms with E-state index in [0.717, 1.165) is 22.5 Å². The van der Waals surface area contributed by atoms with E-state index in [4.69, 9.17) is 5.73 Å². The number of carbonyl (C=O) groups excluding carboxylic acids is 3. The molecule has 1 heterocycles. The average molecular weight is 332 g/mol. The molecule has 0 atom stereocenters.